The van der Waals surface area contributed by atoms with Crippen molar-refractivity contribution in [3.63, 3.8) is 0 Å². The Hall–Kier alpha value is -3.45. The monoisotopic (exact) mass is 403 g/mol. The Kier molecular flexibility index (Phi) is 4.17. The quantitative estimate of drug-likeness (QED) is 0.524. The van der Waals surface area contributed by atoms with Gasteiger partial charge in [-0.3, -0.25) is 10.1 Å². The van der Waals surface area contributed by atoms with Gasteiger partial charge in [-0.05, 0) is 44.2 Å². The number of aryl methyl sites for hydroxylation is 2. The smallest absolute Gasteiger partial charge is 0.258 e. The molecule has 5 rings (SSSR count). The number of nitrogens with one attached hydrogen (secondary N) is 1. The first-order valence-electron chi connectivity index (χ1n) is 9.14. The molecular formula is C22H17N3O3S. The van der Waals surface area contributed by atoms with Gasteiger partial charge >= 0.3 is 0 Å². The lowest BCUT2D eigenvalue weighted by Crippen LogP contribution is -2.13. The van der Waals surface area contributed by atoms with Crippen LogP contribution < -0.4 is 14.8 Å². The van der Waals surface area contributed by atoms with Crippen LogP contribution in [0.1, 0.15) is 20.9 Å². The molecule has 29 heavy (non-hydrogen) atoms. The minimum atomic E-state index is -0.209. The lowest BCUT2D eigenvalue weighted by atomic mass is 10.0. The summed E-state index contributed by atoms with van der Waals surface area (Å²) in [7, 11) is 0. The van der Waals surface area contributed by atoms with Crippen LogP contribution in [0.5, 0.6) is 11.5 Å². The Bertz CT molecular complexity index is 1250. The van der Waals surface area contributed by atoms with E-state index in [1.54, 1.807) is 0 Å². The number of fused-ring (bicyclic) bond motifs is 2. The number of thiazole rings is 1. The molecule has 3 heterocycles. The number of benzene rings is 2. The molecular weight excluding hydrogens is 386 g/mol. The molecule has 0 saturated carbocycles. The van der Waals surface area contributed by atoms with Gasteiger partial charge in [0.15, 0.2) is 16.6 Å². The van der Waals surface area contributed by atoms with Crippen molar-refractivity contribution >= 4 is 33.3 Å². The van der Waals surface area contributed by atoms with Crippen LogP contribution in [0.3, 0.4) is 0 Å². The zero-order valence-corrected chi connectivity index (χ0v) is 16.7. The van der Waals surface area contributed by atoms with Crippen LogP contribution in [0, 0.1) is 13.8 Å². The molecule has 2 aromatic heterocycles. The minimum Gasteiger partial charge on any atom is -0.454 e. The molecule has 144 valence electrons. The van der Waals surface area contributed by atoms with Crippen LogP contribution in [0.25, 0.3) is 22.2 Å². The number of ether oxygens (including phenoxy) is 2. The molecule has 0 bridgehead atoms. The number of pyridine rings is 1. The van der Waals surface area contributed by atoms with Crippen molar-refractivity contribution < 1.29 is 14.3 Å². The number of rotatable bonds is 3. The maximum atomic E-state index is 13.1. The van der Waals surface area contributed by atoms with Gasteiger partial charge in [-0.1, -0.05) is 18.2 Å². The predicted molar refractivity (Wildman–Crippen MR) is 113 cm³/mol. The fourth-order valence-corrected chi connectivity index (χ4v) is 4.07. The van der Waals surface area contributed by atoms with E-state index >= 15 is 0 Å². The highest BCUT2D eigenvalue weighted by molar-refractivity contribution is 7.15. The van der Waals surface area contributed by atoms with Crippen molar-refractivity contribution in [2.75, 3.05) is 12.1 Å². The van der Waals surface area contributed by atoms with Crippen molar-refractivity contribution in [1.82, 2.24) is 9.97 Å². The summed E-state index contributed by atoms with van der Waals surface area (Å²) in [6, 6.07) is 15.1. The van der Waals surface area contributed by atoms with Gasteiger partial charge < -0.3 is 9.47 Å². The van der Waals surface area contributed by atoms with E-state index in [2.05, 4.69) is 10.3 Å². The summed E-state index contributed by atoms with van der Waals surface area (Å²) in [6.45, 7) is 4.13. The van der Waals surface area contributed by atoms with Crippen molar-refractivity contribution in [3.05, 3.63) is 64.7 Å². The van der Waals surface area contributed by atoms with Gasteiger partial charge in [-0.2, -0.15) is 0 Å². The molecule has 0 atom stereocenters. The maximum absolute atomic E-state index is 13.1. The number of hydrogen-bond donors (Lipinski definition) is 1. The summed E-state index contributed by atoms with van der Waals surface area (Å²) in [5.74, 6) is 1.18. The van der Waals surface area contributed by atoms with Crippen LogP contribution in [0.15, 0.2) is 48.5 Å². The van der Waals surface area contributed by atoms with Gasteiger partial charge in [0.25, 0.3) is 5.91 Å². The molecule has 1 aliphatic heterocycles. The molecule has 4 aromatic rings. The summed E-state index contributed by atoms with van der Waals surface area (Å²) < 4.78 is 10.9. The van der Waals surface area contributed by atoms with Crippen LogP contribution in [-0.2, 0) is 0 Å². The molecule has 1 N–H and O–H groups in total. The van der Waals surface area contributed by atoms with Gasteiger partial charge in [-0.25, -0.2) is 9.97 Å². The van der Waals surface area contributed by atoms with E-state index in [0.717, 1.165) is 27.0 Å². The average molecular weight is 403 g/mol. The lowest BCUT2D eigenvalue weighted by molar-refractivity contribution is 0.102. The topological polar surface area (TPSA) is 73.3 Å². The summed E-state index contributed by atoms with van der Waals surface area (Å²) >= 11 is 1.47. The zero-order chi connectivity index (χ0) is 20.0. The molecule has 1 amide bonds. The SMILES string of the molecule is Cc1nc(NC(=O)c2cc(-c3ccc4c(c3)OCO4)nc3ccccc23)sc1C. The lowest BCUT2D eigenvalue weighted by Gasteiger charge is -2.10. The molecule has 0 spiro atoms. The second-order valence-corrected chi connectivity index (χ2v) is 7.96. The van der Waals surface area contributed by atoms with E-state index < -0.39 is 0 Å². The fraction of sp³-hybridized carbons (Fsp3) is 0.136. The van der Waals surface area contributed by atoms with Gasteiger partial charge in [0, 0.05) is 15.8 Å². The van der Waals surface area contributed by atoms with E-state index in [-0.39, 0.29) is 12.7 Å². The van der Waals surface area contributed by atoms with Crippen LogP contribution in [-0.4, -0.2) is 22.7 Å². The molecule has 0 saturated heterocycles. The second kappa shape index (κ2) is 6.86. The van der Waals surface area contributed by atoms with E-state index in [0.29, 0.717) is 27.9 Å². The van der Waals surface area contributed by atoms with E-state index in [9.17, 15) is 4.79 Å². The third-order valence-electron chi connectivity index (χ3n) is 4.88. The molecule has 2 aromatic carbocycles. The number of aromatic nitrogens is 2. The third kappa shape index (κ3) is 3.19. The Morgan fingerprint density at radius 2 is 1.86 bits per heavy atom. The van der Waals surface area contributed by atoms with Gasteiger partial charge in [-0.15, -0.1) is 11.3 Å². The van der Waals surface area contributed by atoms with Crippen LogP contribution in [0.2, 0.25) is 0 Å². The maximum Gasteiger partial charge on any atom is 0.258 e. The van der Waals surface area contributed by atoms with E-state index in [1.807, 2.05) is 62.4 Å². The number of carbonyl (C=O) groups excluding carboxylic acids is 1. The van der Waals surface area contributed by atoms with E-state index in [1.165, 1.54) is 11.3 Å². The van der Waals surface area contributed by atoms with Crippen molar-refractivity contribution in [2.45, 2.75) is 13.8 Å². The first-order valence-corrected chi connectivity index (χ1v) is 9.95. The number of para-hydroxylation sites is 1. The third-order valence-corrected chi connectivity index (χ3v) is 5.87. The molecule has 6 nitrogen and oxygen atoms in total. The summed E-state index contributed by atoms with van der Waals surface area (Å²) in [5.41, 5.74) is 3.77. The number of carbonyl (C=O) groups is 1. The Morgan fingerprint density at radius 3 is 2.69 bits per heavy atom. The standard InChI is InChI=1S/C22H17N3O3S/c1-12-13(2)29-22(23-12)25-21(26)16-10-18(24-17-6-4-3-5-15(16)17)14-7-8-19-20(9-14)28-11-27-19/h3-10H,11H2,1-2H3,(H,23,25,26). The first kappa shape index (κ1) is 17.6. The molecule has 1 aliphatic rings. The minimum absolute atomic E-state index is 0.209. The van der Waals surface area contributed by atoms with Gasteiger partial charge in [0.05, 0.1) is 22.5 Å². The van der Waals surface area contributed by atoms with E-state index in [4.69, 9.17) is 14.5 Å². The van der Waals surface area contributed by atoms with Crippen LogP contribution in [0.4, 0.5) is 5.13 Å². The number of anilines is 1. The summed E-state index contributed by atoms with van der Waals surface area (Å²) in [4.78, 5) is 23.4. The van der Waals surface area contributed by atoms with Gasteiger partial charge in [0.2, 0.25) is 6.79 Å². The highest BCUT2D eigenvalue weighted by Crippen LogP contribution is 2.36. The molecule has 0 fully saturated rings. The largest absolute Gasteiger partial charge is 0.454 e. The molecule has 7 heteroatoms. The Morgan fingerprint density at radius 1 is 1.03 bits per heavy atom. The molecule has 0 unspecified atom stereocenters. The van der Waals surface area contributed by atoms with Crippen LogP contribution >= 0.6 is 11.3 Å². The van der Waals surface area contributed by atoms with Crippen molar-refractivity contribution in [2.24, 2.45) is 0 Å². The first-order chi connectivity index (χ1) is 14.1. The Balaban J connectivity index is 1.59. The number of hydrogen-bond acceptors (Lipinski definition) is 6. The summed E-state index contributed by atoms with van der Waals surface area (Å²) in [6.07, 6.45) is 0. The number of amides is 1. The predicted octanol–water partition coefficient (Wildman–Crippen LogP) is 4.96. The van der Waals surface area contributed by atoms with Crippen molar-refractivity contribution in [1.29, 1.82) is 0 Å². The fourth-order valence-electron chi connectivity index (χ4n) is 3.26. The molecule has 0 aliphatic carbocycles. The van der Waals surface area contributed by atoms with Crippen molar-refractivity contribution in [3.8, 4) is 22.8 Å². The summed E-state index contributed by atoms with van der Waals surface area (Å²) in [5, 5.41) is 4.31. The highest BCUT2D eigenvalue weighted by Gasteiger charge is 2.18. The van der Waals surface area contributed by atoms with Gasteiger partial charge in [0.1, 0.15) is 0 Å². The second-order valence-electron chi connectivity index (χ2n) is 6.75. The molecule has 0 radical (unpaired) electrons. The average Bonchev–Trinajstić information content (AvgIpc) is 3.32. The Labute approximate surface area is 171 Å². The normalized spacial score (nSPS) is 12.3. The highest BCUT2D eigenvalue weighted by atomic mass is 32.1. The number of nitrogens with zero attached hydrogens (tertiary/aromatic N) is 2. The zero-order valence-electron chi connectivity index (χ0n) is 15.9.